The van der Waals surface area contributed by atoms with Crippen molar-refractivity contribution in [1.29, 1.82) is 0 Å². The van der Waals surface area contributed by atoms with E-state index in [1.54, 1.807) is 0 Å². The van der Waals surface area contributed by atoms with Crippen LogP contribution in [0, 0.1) is 0 Å². The summed E-state index contributed by atoms with van der Waals surface area (Å²) in [6.07, 6.45) is 1.09. The Labute approximate surface area is 178 Å². The van der Waals surface area contributed by atoms with Gasteiger partial charge in [0.05, 0.1) is 19.7 Å². The molecule has 27 heavy (non-hydrogen) atoms. The Kier molecular flexibility index (Phi) is 10.3. The number of carbonyl (C=O) groups is 1. The van der Waals surface area contributed by atoms with Gasteiger partial charge in [-0.25, -0.2) is 4.99 Å². The molecule has 1 heterocycles. The Morgan fingerprint density at radius 1 is 1.22 bits per heavy atom. The van der Waals surface area contributed by atoms with Gasteiger partial charge in [-0.1, -0.05) is 0 Å². The van der Waals surface area contributed by atoms with Crippen molar-refractivity contribution < 1.29 is 14.3 Å². The topological polar surface area (TPSA) is 84.0 Å². The molecule has 0 aromatic heterocycles. The Morgan fingerprint density at radius 3 is 2.63 bits per heavy atom. The number of guanidine groups is 1. The second-order valence-electron chi connectivity index (χ2n) is 6.14. The van der Waals surface area contributed by atoms with Crippen LogP contribution in [-0.2, 0) is 17.8 Å². The highest BCUT2D eigenvalue weighted by Crippen LogP contribution is 2.35. The lowest BCUT2D eigenvalue weighted by Gasteiger charge is -2.13. The molecule has 1 aromatic rings. The van der Waals surface area contributed by atoms with Crippen LogP contribution in [0.2, 0.25) is 0 Å². The number of carbonyl (C=O) groups excluding carboxylic acids is 1. The van der Waals surface area contributed by atoms with Crippen molar-refractivity contribution in [2.24, 2.45) is 4.99 Å². The van der Waals surface area contributed by atoms with E-state index in [1.807, 2.05) is 26.8 Å². The number of nitrogens with zero attached hydrogens (tertiary/aromatic N) is 1. The number of hydrogen-bond acceptors (Lipinski definition) is 4. The lowest BCUT2D eigenvalue weighted by molar-refractivity contribution is -0.119. The van der Waals surface area contributed by atoms with Crippen LogP contribution in [0.3, 0.4) is 0 Å². The van der Waals surface area contributed by atoms with Gasteiger partial charge in [-0.2, -0.15) is 0 Å². The maximum absolute atomic E-state index is 11.6. The molecular formula is C19H31IN4O3. The molecule has 0 bridgehead atoms. The molecule has 7 nitrogen and oxygen atoms in total. The molecule has 0 saturated heterocycles. The fourth-order valence-corrected chi connectivity index (χ4v) is 2.82. The smallest absolute Gasteiger partial charge is 0.239 e. The first-order valence-corrected chi connectivity index (χ1v) is 9.31. The minimum absolute atomic E-state index is 0. The van der Waals surface area contributed by atoms with E-state index in [0.29, 0.717) is 32.2 Å². The van der Waals surface area contributed by atoms with Crippen molar-refractivity contribution in [3.8, 4) is 11.5 Å². The standard InChI is InChI=1S/C19H30N4O3.HI/c1-5-20-18(24)12-23-19(21-6-2)22-11-15-10-17-14(8-13(4)26-17)9-16(15)25-7-3;/h9-10,13H,5-8,11-12H2,1-4H3,(H,20,24)(H2,21,22,23);1H. The second-order valence-corrected chi connectivity index (χ2v) is 6.14. The quantitative estimate of drug-likeness (QED) is 0.296. The van der Waals surface area contributed by atoms with Gasteiger partial charge in [0.2, 0.25) is 5.91 Å². The number of nitrogens with one attached hydrogen (secondary N) is 3. The third kappa shape index (κ3) is 7.08. The fourth-order valence-electron chi connectivity index (χ4n) is 2.82. The van der Waals surface area contributed by atoms with E-state index in [0.717, 1.165) is 23.5 Å². The molecule has 0 fully saturated rings. The van der Waals surface area contributed by atoms with Crippen molar-refractivity contribution in [1.82, 2.24) is 16.0 Å². The zero-order valence-electron chi connectivity index (χ0n) is 16.6. The summed E-state index contributed by atoms with van der Waals surface area (Å²) in [4.78, 5) is 16.2. The third-order valence-electron chi connectivity index (χ3n) is 3.92. The minimum atomic E-state index is -0.0620. The Morgan fingerprint density at radius 2 is 1.96 bits per heavy atom. The molecule has 1 atom stereocenters. The largest absolute Gasteiger partial charge is 0.494 e. The molecule has 1 unspecified atom stereocenters. The highest BCUT2D eigenvalue weighted by atomic mass is 127. The SMILES string of the molecule is CCNC(=O)CNC(=NCc1cc2c(cc1OCC)CC(C)O2)NCC.I. The average molecular weight is 490 g/mol. The van der Waals surface area contributed by atoms with Crippen molar-refractivity contribution in [3.63, 3.8) is 0 Å². The molecule has 1 amide bonds. The van der Waals surface area contributed by atoms with E-state index in [1.165, 1.54) is 5.56 Å². The third-order valence-corrected chi connectivity index (χ3v) is 3.92. The summed E-state index contributed by atoms with van der Waals surface area (Å²) >= 11 is 0. The number of rotatable bonds is 8. The van der Waals surface area contributed by atoms with E-state index in [2.05, 4.69) is 33.9 Å². The normalized spacial score (nSPS) is 15.3. The maximum atomic E-state index is 11.6. The molecule has 152 valence electrons. The first-order chi connectivity index (χ1) is 12.6. The zero-order valence-corrected chi connectivity index (χ0v) is 18.9. The molecule has 0 aliphatic carbocycles. The summed E-state index contributed by atoms with van der Waals surface area (Å²) in [6, 6.07) is 4.07. The number of hydrogen-bond donors (Lipinski definition) is 3. The molecule has 1 aliphatic rings. The highest BCUT2D eigenvalue weighted by Gasteiger charge is 2.21. The van der Waals surface area contributed by atoms with Crippen LogP contribution in [-0.4, -0.2) is 44.2 Å². The van der Waals surface area contributed by atoms with Gasteiger partial charge in [-0.05, 0) is 39.8 Å². The number of amides is 1. The fraction of sp³-hybridized carbons (Fsp3) is 0.579. The number of halogens is 1. The van der Waals surface area contributed by atoms with E-state index in [4.69, 9.17) is 9.47 Å². The summed E-state index contributed by atoms with van der Waals surface area (Å²) in [5.74, 6) is 2.28. The summed E-state index contributed by atoms with van der Waals surface area (Å²) < 4.78 is 11.6. The van der Waals surface area contributed by atoms with Gasteiger partial charge in [-0.3, -0.25) is 4.79 Å². The van der Waals surface area contributed by atoms with Crippen LogP contribution < -0.4 is 25.4 Å². The van der Waals surface area contributed by atoms with Crippen LogP contribution >= 0.6 is 24.0 Å². The molecule has 0 radical (unpaired) electrons. The Bertz CT molecular complexity index is 652. The first-order valence-electron chi connectivity index (χ1n) is 9.31. The molecule has 2 rings (SSSR count). The Hall–Kier alpha value is -1.71. The average Bonchev–Trinajstić information content (AvgIpc) is 2.96. The summed E-state index contributed by atoms with van der Waals surface area (Å²) in [6.45, 7) is 10.5. The molecule has 1 aliphatic heterocycles. The summed E-state index contributed by atoms with van der Waals surface area (Å²) in [5.41, 5.74) is 2.14. The molecular weight excluding hydrogens is 459 g/mol. The van der Waals surface area contributed by atoms with Crippen molar-refractivity contribution in [2.75, 3.05) is 26.2 Å². The number of ether oxygens (including phenoxy) is 2. The monoisotopic (exact) mass is 490 g/mol. The van der Waals surface area contributed by atoms with Crippen LogP contribution in [0.25, 0.3) is 0 Å². The molecule has 8 heteroatoms. The maximum Gasteiger partial charge on any atom is 0.239 e. The first kappa shape index (κ1) is 23.3. The predicted octanol–water partition coefficient (Wildman–Crippen LogP) is 2.22. The zero-order chi connectivity index (χ0) is 18.9. The van der Waals surface area contributed by atoms with E-state index < -0.39 is 0 Å². The summed E-state index contributed by atoms with van der Waals surface area (Å²) in [7, 11) is 0. The van der Waals surface area contributed by atoms with E-state index in [9.17, 15) is 4.79 Å². The summed E-state index contributed by atoms with van der Waals surface area (Å²) in [5, 5.41) is 8.94. The van der Waals surface area contributed by atoms with Crippen LogP contribution in [0.15, 0.2) is 17.1 Å². The van der Waals surface area contributed by atoms with Crippen molar-refractivity contribution in [3.05, 3.63) is 23.3 Å². The molecule has 0 saturated carbocycles. The van der Waals surface area contributed by atoms with Gasteiger partial charge in [0.1, 0.15) is 17.6 Å². The van der Waals surface area contributed by atoms with Crippen molar-refractivity contribution >= 4 is 35.8 Å². The number of benzene rings is 1. The minimum Gasteiger partial charge on any atom is -0.494 e. The lowest BCUT2D eigenvalue weighted by atomic mass is 10.1. The number of likely N-dealkylation sites (N-methyl/N-ethyl adjacent to an activating group) is 1. The van der Waals surface area contributed by atoms with Gasteiger partial charge < -0.3 is 25.4 Å². The molecule has 1 aromatic carbocycles. The van der Waals surface area contributed by atoms with Gasteiger partial charge in [0.15, 0.2) is 5.96 Å². The van der Waals surface area contributed by atoms with Gasteiger partial charge >= 0.3 is 0 Å². The van der Waals surface area contributed by atoms with Gasteiger partial charge in [0, 0.05) is 30.6 Å². The highest BCUT2D eigenvalue weighted by molar-refractivity contribution is 14.0. The van der Waals surface area contributed by atoms with Crippen LogP contribution in [0.1, 0.15) is 38.8 Å². The second kappa shape index (κ2) is 11.9. The van der Waals surface area contributed by atoms with Gasteiger partial charge in [0.25, 0.3) is 0 Å². The molecule has 3 N–H and O–H groups in total. The number of fused-ring (bicyclic) bond motifs is 1. The van der Waals surface area contributed by atoms with Crippen LogP contribution in [0.5, 0.6) is 11.5 Å². The predicted molar refractivity (Wildman–Crippen MR) is 118 cm³/mol. The van der Waals surface area contributed by atoms with E-state index in [-0.39, 0.29) is 42.5 Å². The van der Waals surface area contributed by atoms with Gasteiger partial charge in [-0.15, -0.1) is 24.0 Å². The number of aliphatic imine (C=N–C) groups is 1. The van der Waals surface area contributed by atoms with Crippen LogP contribution in [0.4, 0.5) is 0 Å². The molecule has 0 spiro atoms. The van der Waals surface area contributed by atoms with Crippen molar-refractivity contribution in [2.45, 2.75) is 46.8 Å². The Balaban J connectivity index is 0.00000364. The lowest BCUT2D eigenvalue weighted by Crippen LogP contribution is -2.43. The van der Waals surface area contributed by atoms with E-state index >= 15 is 0 Å².